The van der Waals surface area contributed by atoms with Crippen molar-refractivity contribution >= 4 is 93.2 Å². The predicted octanol–water partition coefficient (Wildman–Crippen LogP) is 22.5. The molecule has 144 heavy (non-hydrogen) atoms. The van der Waals surface area contributed by atoms with E-state index in [0.29, 0.717) is 174 Å². The fraction of sp³-hybridized carbons (Fsp3) is 0.523. The normalized spacial score (nSPS) is 16.4. The zero-order valence-corrected chi connectivity index (χ0v) is 88.1. The highest BCUT2D eigenvalue weighted by Crippen LogP contribution is 2.69. The second-order valence-corrected chi connectivity index (χ2v) is 41.4. The van der Waals surface area contributed by atoms with Gasteiger partial charge in [-0.1, -0.05) is 129 Å². The van der Waals surface area contributed by atoms with E-state index in [0.717, 1.165) is 54.7 Å². The Balaban J connectivity index is 0.000000214. The molecule has 0 aliphatic heterocycles. The molecule has 4 aromatic carbocycles. The van der Waals surface area contributed by atoms with Gasteiger partial charge in [0.15, 0.2) is 23.1 Å². The first-order valence-corrected chi connectivity index (χ1v) is 50.3. The predicted molar refractivity (Wildman–Crippen MR) is 543 cm³/mol. The van der Waals surface area contributed by atoms with Gasteiger partial charge in [0.05, 0.1) is 24.4 Å². The standard InChI is InChI=1S/C28H36ClF2N3O3.C28H36ClF2N3O2.C27H34ClF2N3O2.C26H30ClF4N3O2/c1-6-25(35)19-8-7-18(24(29)13-19)11-21(34(3)4)16-33-26(36)14-23(28(9-10-28)27(2,30)31)20-12-22(37-5)17-32-15-20;1-6-25(35)20-8-7-19(23(29)15-20)14-21(34(4)5)17-33-26(36)16-22(24-13-18(2)9-12-32-24)28(10-11-28)27(3,30)31;1-5-24(34)19-9-8-18(23(28)14-19)13-21(33(3)4)17-32-25(35)15-22(20-7-6-12-31-16-20)27(10-11-27)26(2,29)30;1-4-22(35)17-8-7-16(20(27)13-17)12-18(34(2)3)15-33-23(36)14-19(24-21(28)6-5-11-32-24)25(9-10-25)26(29,30)31/h7-8,12-13,15,17,21,23H,6,9-11,14,16H2,1-5H3,(H,33,36);7-9,12-13,15,21-22H,6,10-11,14,16-17H2,1-5H3,(H,33,36);6-9,12,14,16,21-22H,5,10-11,13,15,17H2,1-4H3,(H,32,35);5-8,11,13,18-19H,4,9-10,12,14-15H2,1-3H3,(H,33,36)/t21-,23?;2*21-,22?;18-,19?/m0000/s1. The lowest BCUT2D eigenvalue weighted by atomic mass is 9.77. The third-order valence-corrected chi connectivity index (χ3v) is 30.5. The SMILES string of the molecule is CCC(=O)c1ccc(C[C@@H](CNC(=O)CC(c2cc(C)ccn2)C2(C(C)(F)F)CC2)N(C)C)c(Cl)c1.CCC(=O)c1ccc(C[C@@H](CNC(=O)CC(c2cccnc2)C2(C(C)(F)F)CC2)N(C)C)c(Cl)c1.CCC(=O)c1ccc(C[C@@H](CNC(=O)CC(c2cncc(OC)c2)C2(C(C)(F)F)CC2)N(C)C)c(Cl)c1.CCC(=O)c1ccc(C[C@@H](CNC(=O)CC(c2ncccc2F)C2(C(F)(F)F)CC2)N(C)C)c(Cl)c1. The molecular formula is C109H136Cl4F10N12O9. The Kier molecular flexibility index (Phi) is 41.8. The number of amides is 4. The van der Waals surface area contributed by atoms with Crippen LogP contribution in [0.1, 0.15) is 267 Å². The summed E-state index contributed by atoms with van der Waals surface area (Å²) in [5.41, 5.74) is 2.17. The number of benzene rings is 4. The molecule has 4 fully saturated rings. The number of rotatable bonds is 48. The molecule has 4 saturated carbocycles. The number of alkyl halides is 9. The van der Waals surface area contributed by atoms with E-state index >= 15 is 0 Å². The highest BCUT2D eigenvalue weighted by Gasteiger charge is 2.69. The number of halogens is 14. The number of Topliss-reactive ketones (excluding diaryl/α,β-unsaturated/α-hetero) is 4. The van der Waals surface area contributed by atoms with Crippen molar-refractivity contribution in [1.29, 1.82) is 0 Å². The smallest absolute Gasteiger partial charge is 0.395 e. The molecule has 4 unspecified atom stereocenters. The zero-order valence-electron chi connectivity index (χ0n) is 85.1. The topological polar surface area (TPSA) is 258 Å². The Labute approximate surface area is 859 Å². The molecule has 35 heteroatoms. The van der Waals surface area contributed by atoms with Gasteiger partial charge in [0, 0.05) is 221 Å². The van der Waals surface area contributed by atoms with Crippen molar-refractivity contribution in [2.24, 2.45) is 21.7 Å². The van der Waals surface area contributed by atoms with Crippen LogP contribution < -0.4 is 26.0 Å². The number of carbonyl (C=O) groups is 8. The van der Waals surface area contributed by atoms with E-state index in [1.165, 1.54) is 25.6 Å². The lowest BCUT2D eigenvalue weighted by Gasteiger charge is -2.32. The number of nitrogens with one attached hydrogen (secondary N) is 4. The van der Waals surface area contributed by atoms with Crippen molar-refractivity contribution in [2.75, 3.05) is 89.7 Å². The number of aryl methyl sites for hydroxylation is 1. The number of ketones is 4. The first kappa shape index (κ1) is 118. The van der Waals surface area contributed by atoms with E-state index in [9.17, 15) is 82.3 Å². The van der Waals surface area contributed by atoms with Crippen molar-refractivity contribution in [3.8, 4) is 5.75 Å². The third kappa shape index (κ3) is 30.9. The molecule has 8 aromatic rings. The minimum absolute atomic E-state index is 0.0222. The molecule has 4 aromatic heterocycles. The van der Waals surface area contributed by atoms with Gasteiger partial charge >= 0.3 is 6.18 Å². The summed E-state index contributed by atoms with van der Waals surface area (Å²) in [4.78, 5) is 124. The number of likely N-dealkylation sites (N-methyl/N-ethyl adjacent to an activating group) is 4. The van der Waals surface area contributed by atoms with Crippen LogP contribution >= 0.6 is 46.4 Å². The van der Waals surface area contributed by atoms with E-state index in [1.807, 2.05) is 107 Å². The van der Waals surface area contributed by atoms with Crippen LogP contribution in [0.4, 0.5) is 43.9 Å². The number of hydrogen-bond donors (Lipinski definition) is 4. The molecular weight excluding hydrogens is 1950 g/mol. The van der Waals surface area contributed by atoms with Crippen LogP contribution in [0, 0.1) is 34.4 Å². The Morgan fingerprint density at radius 2 is 0.708 bits per heavy atom. The van der Waals surface area contributed by atoms with Gasteiger partial charge < -0.3 is 45.6 Å². The van der Waals surface area contributed by atoms with Gasteiger partial charge in [-0.15, -0.1) is 0 Å². The maximum Gasteiger partial charge on any atom is 0.395 e. The van der Waals surface area contributed by atoms with Crippen LogP contribution in [0.5, 0.6) is 5.75 Å². The Morgan fingerprint density at radius 3 is 0.993 bits per heavy atom. The monoisotopic (exact) mass is 2090 g/mol. The van der Waals surface area contributed by atoms with Gasteiger partial charge in [0.1, 0.15) is 11.6 Å². The molecule has 4 N–H and O–H groups in total. The third-order valence-electron chi connectivity index (χ3n) is 29.1. The molecule has 8 atom stereocenters. The summed E-state index contributed by atoms with van der Waals surface area (Å²) in [6.45, 7) is 13.0. The molecule has 0 radical (unpaired) electrons. The van der Waals surface area contributed by atoms with E-state index in [1.54, 1.807) is 131 Å². The number of aromatic nitrogens is 4. The number of nitrogens with zero attached hydrogens (tertiary/aromatic N) is 8. The number of hydrogen-bond acceptors (Lipinski definition) is 17. The second-order valence-electron chi connectivity index (χ2n) is 39.7. The van der Waals surface area contributed by atoms with E-state index < -0.39 is 87.4 Å². The van der Waals surface area contributed by atoms with Gasteiger partial charge in [0.25, 0.3) is 17.8 Å². The van der Waals surface area contributed by atoms with Crippen molar-refractivity contribution in [3.63, 3.8) is 0 Å². The molecule has 4 aliphatic rings. The summed E-state index contributed by atoms with van der Waals surface area (Å²) < 4.78 is 149. The van der Waals surface area contributed by atoms with Gasteiger partial charge in [-0.2, -0.15) is 13.2 Å². The summed E-state index contributed by atoms with van der Waals surface area (Å²) >= 11 is 25.7. The summed E-state index contributed by atoms with van der Waals surface area (Å²) in [6.07, 6.45) is 9.44. The zero-order chi connectivity index (χ0) is 107. The number of methoxy groups -OCH3 is 1. The minimum atomic E-state index is -4.57. The fourth-order valence-corrected chi connectivity index (χ4v) is 19.9. The lowest BCUT2D eigenvalue weighted by molar-refractivity contribution is -0.195. The van der Waals surface area contributed by atoms with Crippen LogP contribution in [0.25, 0.3) is 0 Å². The van der Waals surface area contributed by atoms with Crippen molar-refractivity contribution in [2.45, 2.75) is 256 Å². The molecule has 784 valence electrons. The summed E-state index contributed by atoms with van der Waals surface area (Å²) in [5, 5.41) is 13.5. The highest BCUT2D eigenvalue weighted by molar-refractivity contribution is 6.33. The second kappa shape index (κ2) is 51.2. The van der Waals surface area contributed by atoms with Crippen molar-refractivity contribution in [3.05, 3.63) is 251 Å². The molecule has 12 rings (SSSR count). The molecule has 0 spiro atoms. The fourth-order valence-electron chi connectivity index (χ4n) is 18.9. The van der Waals surface area contributed by atoms with Crippen LogP contribution in [0.3, 0.4) is 0 Å². The molecule has 4 heterocycles. The summed E-state index contributed by atoms with van der Waals surface area (Å²) in [5.74, 6) is -13.9. The van der Waals surface area contributed by atoms with Gasteiger partial charge in [-0.25, -0.2) is 30.7 Å². The first-order chi connectivity index (χ1) is 67.7. The maximum absolute atomic E-state index is 14.7. The Hall–Kier alpha value is -9.86. The molecule has 0 saturated heterocycles. The maximum atomic E-state index is 14.7. The van der Waals surface area contributed by atoms with E-state index in [4.69, 9.17) is 51.1 Å². The van der Waals surface area contributed by atoms with E-state index in [-0.39, 0.29) is 109 Å². The average Bonchev–Trinajstić information content (AvgIpc) is 1.58. The van der Waals surface area contributed by atoms with Crippen molar-refractivity contribution < 1.29 is 87.0 Å². The first-order valence-electron chi connectivity index (χ1n) is 48.8. The number of pyridine rings is 4. The molecule has 0 bridgehead atoms. The van der Waals surface area contributed by atoms with Gasteiger partial charge in [-0.05, 0) is 261 Å². The van der Waals surface area contributed by atoms with Crippen LogP contribution in [0.15, 0.2) is 152 Å². The highest BCUT2D eigenvalue weighted by atomic mass is 35.5. The van der Waals surface area contributed by atoms with Gasteiger partial charge in [-0.3, -0.25) is 58.3 Å². The largest absolute Gasteiger partial charge is 0.495 e. The molecule has 4 amide bonds. The summed E-state index contributed by atoms with van der Waals surface area (Å²) in [7, 11) is 16.6. The van der Waals surface area contributed by atoms with Crippen LogP contribution in [0.2, 0.25) is 20.1 Å². The Morgan fingerprint density at radius 1 is 0.389 bits per heavy atom. The van der Waals surface area contributed by atoms with Crippen molar-refractivity contribution in [1.82, 2.24) is 60.8 Å². The average molecular weight is 2090 g/mol. The lowest BCUT2D eigenvalue weighted by Crippen LogP contribution is -2.43. The van der Waals surface area contributed by atoms with E-state index in [2.05, 4.69) is 41.2 Å². The van der Waals surface area contributed by atoms with Crippen LogP contribution in [-0.2, 0) is 44.9 Å². The minimum Gasteiger partial charge on any atom is -0.495 e. The quantitative estimate of drug-likeness (QED) is 0.0204. The molecule has 21 nitrogen and oxygen atoms in total. The van der Waals surface area contributed by atoms with Gasteiger partial charge in [0.2, 0.25) is 23.6 Å². The Bertz CT molecular complexity index is 5730. The molecule has 4 aliphatic carbocycles. The van der Waals surface area contributed by atoms with Crippen LogP contribution in [-0.4, -0.2) is 224 Å². The summed E-state index contributed by atoms with van der Waals surface area (Å²) in [6, 6.07) is 31.7. The number of carbonyl (C=O) groups excluding carboxylic acids is 8. The number of ether oxygens (including phenoxy) is 1.